The predicted octanol–water partition coefficient (Wildman–Crippen LogP) is 4.97. The molecule has 2 amide bonds. The van der Waals surface area contributed by atoms with Crippen molar-refractivity contribution in [1.82, 2.24) is 9.80 Å². The molecule has 2 fully saturated rings. The molecular formula is C30H33F5N2O3. The van der Waals surface area contributed by atoms with E-state index in [-0.39, 0.29) is 37.9 Å². The highest BCUT2D eigenvalue weighted by molar-refractivity contribution is 5.86. The van der Waals surface area contributed by atoms with Gasteiger partial charge in [0, 0.05) is 50.9 Å². The van der Waals surface area contributed by atoms with E-state index in [9.17, 15) is 36.6 Å². The molecule has 40 heavy (non-hydrogen) atoms. The molecule has 5 rings (SSSR count). The average Bonchev–Trinajstić information content (AvgIpc) is 3.28. The molecule has 1 unspecified atom stereocenters. The number of benzene rings is 2. The Morgan fingerprint density at radius 3 is 2.25 bits per heavy atom. The van der Waals surface area contributed by atoms with Crippen LogP contribution in [-0.4, -0.2) is 64.2 Å². The fourth-order valence-corrected chi connectivity index (χ4v) is 6.90. The highest BCUT2D eigenvalue weighted by atomic mass is 19.4. The summed E-state index contributed by atoms with van der Waals surface area (Å²) in [7, 11) is 0. The number of alkyl halides is 4. The summed E-state index contributed by atoms with van der Waals surface area (Å²) in [5.74, 6) is -0.925. The first-order valence-electron chi connectivity index (χ1n) is 13.6. The van der Waals surface area contributed by atoms with Crippen LogP contribution in [0.25, 0.3) is 0 Å². The Labute approximate surface area is 230 Å². The lowest BCUT2D eigenvalue weighted by Gasteiger charge is -2.46. The second-order valence-electron chi connectivity index (χ2n) is 11.7. The SMILES string of the molecule is CC(=O)N1CCC(O)(C(=O)N2CC[C@@]3(Cc4ccc(F)cc4)c4ccc(C(C)(F)C(F)(F)F)cc4CC[C@@H]23)CC1. The summed E-state index contributed by atoms with van der Waals surface area (Å²) in [5.41, 5.74) is -4.15. The molecule has 0 spiro atoms. The molecule has 5 nitrogen and oxygen atoms in total. The van der Waals surface area contributed by atoms with Crippen LogP contribution < -0.4 is 0 Å². The lowest BCUT2D eigenvalue weighted by Crippen LogP contribution is -2.58. The normalized spacial score (nSPS) is 25.6. The Bertz CT molecular complexity index is 1300. The summed E-state index contributed by atoms with van der Waals surface area (Å²) in [4.78, 5) is 28.9. The third-order valence-corrected chi connectivity index (χ3v) is 9.34. The number of fused-ring (bicyclic) bond motifs is 3. The van der Waals surface area contributed by atoms with Crippen molar-refractivity contribution in [3.05, 3.63) is 70.5 Å². The number of likely N-dealkylation sites (tertiary alicyclic amines) is 2. The van der Waals surface area contributed by atoms with Gasteiger partial charge in [0.05, 0.1) is 0 Å². The number of halogens is 5. The summed E-state index contributed by atoms with van der Waals surface area (Å²) in [6.07, 6.45) is -3.20. The van der Waals surface area contributed by atoms with Crippen molar-refractivity contribution in [3.8, 4) is 0 Å². The summed E-state index contributed by atoms with van der Waals surface area (Å²) in [5, 5.41) is 11.4. The number of carbonyl (C=O) groups is 2. The fraction of sp³-hybridized carbons (Fsp3) is 0.533. The maximum absolute atomic E-state index is 14.9. The van der Waals surface area contributed by atoms with E-state index < -0.39 is 40.1 Å². The second-order valence-corrected chi connectivity index (χ2v) is 11.7. The topological polar surface area (TPSA) is 60.9 Å². The highest BCUT2D eigenvalue weighted by Crippen LogP contribution is 2.51. The third-order valence-electron chi connectivity index (χ3n) is 9.34. The number of amides is 2. The smallest absolute Gasteiger partial charge is 0.380 e. The van der Waals surface area contributed by atoms with Crippen LogP contribution >= 0.6 is 0 Å². The van der Waals surface area contributed by atoms with Gasteiger partial charge in [0.15, 0.2) is 0 Å². The van der Waals surface area contributed by atoms with E-state index in [1.165, 1.54) is 31.2 Å². The van der Waals surface area contributed by atoms with Gasteiger partial charge in [0.2, 0.25) is 11.6 Å². The standard InChI is InChI=1S/C30H33F5N2O3/c1-19(38)36-14-12-29(40,13-15-36)26(39)37-16-11-28(18-20-3-7-23(31)8-4-20)24-9-6-22(27(2,32)30(33,34)35)17-21(24)5-10-25(28)37/h3-4,6-9,17,25,40H,5,10-16,18H2,1-2H3/t25-,27?,28-/m1/s1. The third kappa shape index (κ3) is 4.67. The zero-order chi connectivity index (χ0) is 29.1. The number of carbonyl (C=O) groups excluding carboxylic acids is 2. The quantitative estimate of drug-likeness (QED) is 0.534. The molecule has 10 heteroatoms. The molecule has 2 saturated heterocycles. The molecule has 1 N–H and O–H groups in total. The average molecular weight is 565 g/mol. The van der Waals surface area contributed by atoms with Gasteiger partial charge in [-0.25, -0.2) is 8.78 Å². The Balaban J connectivity index is 1.52. The number of piperidine rings is 1. The number of rotatable bonds is 4. The van der Waals surface area contributed by atoms with Gasteiger partial charge in [0.25, 0.3) is 5.91 Å². The van der Waals surface area contributed by atoms with Crippen molar-refractivity contribution < 1.29 is 36.6 Å². The van der Waals surface area contributed by atoms with E-state index in [0.717, 1.165) is 11.1 Å². The number of aryl methyl sites for hydroxylation is 1. The van der Waals surface area contributed by atoms with Crippen molar-refractivity contribution in [3.63, 3.8) is 0 Å². The second kappa shape index (κ2) is 9.82. The van der Waals surface area contributed by atoms with E-state index in [1.54, 1.807) is 28.0 Å². The first-order valence-corrected chi connectivity index (χ1v) is 13.6. The van der Waals surface area contributed by atoms with Gasteiger partial charge < -0.3 is 14.9 Å². The van der Waals surface area contributed by atoms with Gasteiger partial charge in [-0.05, 0) is 67.0 Å². The molecule has 1 aliphatic carbocycles. The lowest BCUT2D eigenvalue weighted by atomic mass is 9.63. The minimum Gasteiger partial charge on any atom is -0.380 e. The molecule has 0 saturated carbocycles. The van der Waals surface area contributed by atoms with Crippen LogP contribution in [-0.2, 0) is 33.5 Å². The zero-order valence-corrected chi connectivity index (χ0v) is 22.5. The molecule has 3 aliphatic rings. The van der Waals surface area contributed by atoms with Crippen LogP contribution in [0.2, 0.25) is 0 Å². The molecular weight excluding hydrogens is 531 g/mol. The summed E-state index contributed by atoms with van der Waals surface area (Å²) >= 11 is 0. The van der Waals surface area contributed by atoms with Gasteiger partial charge in [0.1, 0.15) is 11.4 Å². The molecule has 2 aromatic rings. The molecule has 2 aromatic carbocycles. The Morgan fingerprint density at radius 1 is 1.00 bits per heavy atom. The summed E-state index contributed by atoms with van der Waals surface area (Å²) in [6, 6.07) is 9.65. The van der Waals surface area contributed by atoms with Crippen molar-refractivity contribution in [2.45, 2.75) is 81.3 Å². The van der Waals surface area contributed by atoms with Gasteiger partial charge in [-0.15, -0.1) is 0 Å². The number of nitrogens with zero attached hydrogens (tertiary/aromatic N) is 2. The van der Waals surface area contributed by atoms with E-state index >= 15 is 0 Å². The Hall–Kier alpha value is -3.01. The van der Waals surface area contributed by atoms with Gasteiger partial charge in [-0.2, -0.15) is 13.2 Å². The van der Waals surface area contributed by atoms with E-state index in [4.69, 9.17) is 0 Å². The van der Waals surface area contributed by atoms with E-state index in [2.05, 4.69) is 0 Å². The maximum atomic E-state index is 14.9. The van der Waals surface area contributed by atoms with E-state index in [1.807, 2.05) is 0 Å². The molecule has 0 bridgehead atoms. The first-order chi connectivity index (χ1) is 18.7. The largest absolute Gasteiger partial charge is 0.426 e. The molecule has 2 heterocycles. The highest BCUT2D eigenvalue weighted by Gasteiger charge is 2.57. The van der Waals surface area contributed by atoms with Gasteiger partial charge >= 0.3 is 6.18 Å². The molecule has 3 atom stereocenters. The van der Waals surface area contributed by atoms with Crippen LogP contribution in [0.3, 0.4) is 0 Å². The summed E-state index contributed by atoms with van der Waals surface area (Å²) < 4.78 is 69.0. The fourth-order valence-electron chi connectivity index (χ4n) is 6.90. The molecule has 0 radical (unpaired) electrons. The van der Waals surface area contributed by atoms with Crippen molar-refractivity contribution in [2.75, 3.05) is 19.6 Å². The zero-order valence-electron chi connectivity index (χ0n) is 22.5. The lowest BCUT2D eigenvalue weighted by molar-refractivity contribution is -0.228. The van der Waals surface area contributed by atoms with Crippen molar-refractivity contribution in [1.29, 1.82) is 0 Å². The molecule has 0 aromatic heterocycles. The van der Waals surface area contributed by atoms with Crippen molar-refractivity contribution >= 4 is 11.8 Å². The Kier molecular flexibility index (Phi) is 7.00. The predicted molar refractivity (Wildman–Crippen MR) is 138 cm³/mol. The van der Waals surface area contributed by atoms with Crippen LogP contribution in [0.4, 0.5) is 22.0 Å². The van der Waals surface area contributed by atoms with E-state index in [0.29, 0.717) is 44.7 Å². The minimum absolute atomic E-state index is 0.117. The van der Waals surface area contributed by atoms with Crippen molar-refractivity contribution in [2.24, 2.45) is 0 Å². The van der Waals surface area contributed by atoms with Crippen LogP contribution in [0.5, 0.6) is 0 Å². The van der Waals surface area contributed by atoms with Crippen LogP contribution in [0.1, 0.15) is 61.8 Å². The van der Waals surface area contributed by atoms with Crippen LogP contribution in [0, 0.1) is 5.82 Å². The number of hydrogen-bond acceptors (Lipinski definition) is 3. The first kappa shape index (κ1) is 28.5. The molecule has 216 valence electrons. The number of hydrogen-bond donors (Lipinski definition) is 1. The monoisotopic (exact) mass is 564 g/mol. The summed E-state index contributed by atoms with van der Waals surface area (Å²) in [6.45, 7) is 2.82. The van der Waals surface area contributed by atoms with Gasteiger partial charge in [-0.1, -0.05) is 30.3 Å². The molecule has 2 aliphatic heterocycles. The van der Waals surface area contributed by atoms with Gasteiger partial charge in [-0.3, -0.25) is 9.59 Å². The van der Waals surface area contributed by atoms with Crippen LogP contribution in [0.15, 0.2) is 42.5 Å². The minimum atomic E-state index is -5.08. The maximum Gasteiger partial charge on any atom is 0.426 e. The Morgan fingerprint density at radius 2 is 1.65 bits per heavy atom. The number of aliphatic hydroxyl groups is 1.